The van der Waals surface area contributed by atoms with Crippen molar-refractivity contribution in [2.75, 3.05) is 26.2 Å². The molecule has 6 heteroatoms. The highest BCUT2D eigenvalue weighted by Crippen LogP contribution is 2.05. The first-order valence-corrected chi connectivity index (χ1v) is 8.80. The average molecular weight is 323 g/mol. The van der Waals surface area contributed by atoms with Gasteiger partial charge in [-0.25, -0.2) is 0 Å². The number of hydrogen-bond acceptors (Lipinski definition) is 3. The van der Waals surface area contributed by atoms with Crippen LogP contribution < -0.4 is 10.6 Å². The minimum atomic E-state index is 0.583. The van der Waals surface area contributed by atoms with Crippen molar-refractivity contribution in [1.82, 2.24) is 25.3 Å². The van der Waals surface area contributed by atoms with Crippen LogP contribution in [0.3, 0.4) is 0 Å². The van der Waals surface area contributed by atoms with Gasteiger partial charge < -0.3 is 10.6 Å². The van der Waals surface area contributed by atoms with Gasteiger partial charge in [0.25, 0.3) is 0 Å². The van der Waals surface area contributed by atoms with Crippen molar-refractivity contribution in [3.05, 3.63) is 18.5 Å². The molecular weight excluding hydrogens is 288 g/mol. The van der Waals surface area contributed by atoms with E-state index in [-0.39, 0.29) is 0 Å². The molecule has 0 aliphatic carbocycles. The maximum Gasteiger partial charge on any atom is 0.191 e. The van der Waals surface area contributed by atoms with Gasteiger partial charge in [-0.2, -0.15) is 5.10 Å². The van der Waals surface area contributed by atoms with E-state index in [9.17, 15) is 0 Å². The third kappa shape index (κ3) is 8.02. The largest absolute Gasteiger partial charge is 0.357 e. The summed E-state index contributed by atoms with van der Waals surface area (Å²) < 4.78 is 1.92. The number of rotatable bonds is 10. The molecule has 0 fully saturated rings. The van der Waals surface area contributed by atoms with E-state index in [4.69, 9.17) is 0 Å². The Bertz CT molecular complexity index is 416. The number of nitrogens with zero attached hydrogens (tertiary/aromatic N) is 4. The molecule has 1 aromatic rings. The van der Waals surface area contributed by atoms with E-state index in [0.717, 1.165) is 45.1 Å². The Labute approximate surface area is 141 Å². The average Bonchev–Trinajstić information content (AvgIpc) is 2.99. The molecule has 0 saturated heterocycles. The Morgan fingerprint density at radius 2 is 1.96 bits per heavy atom. The van der Waals surface area contributed by atoms with Crippen molar-refractivity contribution in [2.45, 2.75) is 59.7 Å². The van der Waals surface area contributed by atoms with Crippen LogP contribution in [0.1, 0.15) is 41.0 Å². The second-order valence-electron chi connectivity index (χ2n) is 6.24. The molecule has 0 unspecified atom stereocenters. The summed E-state index contributed by atoms with van der Waals surface area (Å²) >= 11 is 0. The second kappa shape index (κ2) is 11.0. The summed E-state index contributed by atoms with van der Waals surface area (Å²) in [6, 6.07) is 3.10. The van der Waals surface area contributed by atoms with Crippen LogP contribution in [0.4, 0.5) is 0 Å². The van der Waals surface area contributed by atoms with Crippen molar-refractivity contribution >= 4 is 5.96 Å². The Morgan fingerprint density at radius 1 is 1.22 bits per heavy atom. The van der Waals surface area contributed by atoms with Gasteiger partial charge in [0.2, 0.25) is 0 Å². The fourth-order valence-electron chi connectivity index (χ4n) is 2.62. The Hall–Kier alpha value is -1.56. The van der Waals surface area contributed by atoms with Crippen LogP contribution >= 0.6 is 0 Å². The van der Waals surface area contributed by atoms with Gasteiger partial charge in [0.15, 0.2) is 5.96 Å². The van der Waals surface area contributed by atoms with Gasteiger partial charge in [-0.05, 0) is 47.1 Å². The first-order chi connectivity index (χ1) is 11.0. The van der Waals surface area contributed by atoms with Crippen molar-refractivity contribution in [3.63, 3.8) is 0 Å². The zero-order valence-corrected chi connectivity index (χ0v) is 15.4. The molecule has 0 aromatic carbocycles. The molecule has 0 aliphatic heterocycles. The van der Waals surface area contributed by atoms with Gasteiger partial charge >= 0.3 is 0 Å². The molecule has 0 amide bonds. The van der Waals surface area contributed by atoms with Crippen molar-refractivity contribution in [3.8, 4) is 0 Å². The standard InChI is InChI=1S/C17H34N6/c1-6-18-17(20-11-14-22-12-8-10-21-22)19-9-7-13-23(15(2)3)16(4)5/h8,10,12,15-16H,6-7,9,11,13-14H2,1-5H3,(H2,18,19,20). The first-order valence-electron chi connectivity index (χ1n) is 8.80. The van der Waals surface area contributed by atoms with E-state index in [2.05, 4.69) is 60.2 Å². The Kier molecular flexibility index (Phi) is 9.36. The molecule has 2 N–H and O–H groups in total. The van der Waals surface area contributed by atoms with Gasteiger partial charge in [0.1, 0.15) is 0 Å². The van der Waals surface area contributed by atoms with Crippen molar-refractivity contribution in [1.29, 1.82) is 0 Å². The molecule has 0 atom stereocenters. The van der Waals surface area contributed by atoms with E-state index < -0.39 is 0 Å². The number of hydrogen-bond donors (Lipinski definition) is 2. The summed E-state index contributed by atoms with van der Waals surface area (Å²) in [7, 11) is 0. The summed E-state index contributed by atoms with van der Waals surface area (Å²) in [6.45, 7) is 15.6. The van der Waals surface area contributed by atoms with Crippen LogP contribution in [0.2, 0.25) is 0 Å². The molecule has 1 heterocycles. The van der Waals surface area contributed by atoms with Crippen molar-refractivity contribution < 1.29 is 0 Å². The summed E-state index contributed by atoms with van der Waals surface area (Å²) in [5.41, 5.74) is 0. The maximum absolute atomic E-state index is 4.66. The lowest BCUT2D eigenvalue weighted by Gasteiger charge is -2.30. The molecule has 0 saturated carbocycles. The van der Waals surface area contributed by atoms with Crippen LogP contribution in [-0.2, 0) is 6.54 Å². The third-order valence-corrected chi connectivity index (χ3v) is 3.71. The molecule has 132 valence electrons. The predicted molar refractivity (Wildman–Crippen MR) is 97.8 cm³/mol. The number of guanidine groups is 1. The highest BCUT2D eigenvalue weighted by molar-refractivity contribution is 5.79. The molecule has 23 heavy (non-hydrogen) atoms. The third-order valence-electron chi connectivity index (χ3n) is 3.71. The second-order valence-corrected chi connectivity index (χ2v) is 6.24. The lowest BCUT2D eigenvalue weighted by Crippen LogP contribution is -2.39. The topological polar surface area (TPSA) is 57.5 Å². The Morgan fingerprint density at radius 3 is 2.52 bits per heavy atom. The highest BCUT2D eigenvalue weighted by atomic mass is 15.3. The number of nitrogens with one attached hydrogen (secondary N) is 2. The molecule has 0 bridgehead atoms. The fraction of sp³-hybridized carbons (Fsp3) is 0.765. The molecular formula is C17H34N6. The Balaban J connectivity index is 2.33. The quantitative estimate of drug-likeness (QED) is 0.393. The van der Waals surface area contributed by atoms with Gasteiger partial charge in [-0.15, -0.1) is 0 Å². The normalized spacial score (nSPS) is 12.4. The van der Waals surface area contributed by atoms with Crippen LogP contribution in [0.5, 0.6) is 0 Å². The molecule has 0 aliphatic rings. The lowest BCUT2D eigenvalue weighted by atomic mass is 10.2. The maximum atomic E-state index is 4.66. The van der Waals surface area contributed by atoms with Gasteiger partial charge in [-0.3, -0.25) is 14.6 Å². The highest BCUT2D eigenvalue weighted by Gasteiger charge is 2.12. The summed E-state index contributed by atoms with van der Waals surface area (Å²) in [6.07, 6.45) is 4.85. The van der Waals surface area contributed by atoms with Crippen LogP contribution in [-0.4, -0.2) is 58.9 Å². The fourth-order valence-corrected chi connectivity index (χ4v) is 2.62. The van der Waals surface area contributed by atoms with Crippen LogP contribution in [0.15, 0.2) is 23.5 Å². The van der Waals surface area contributed by atoms with Crippen LogP contribution in [0.25, 0.3) is 0 Å². The summed E-state index contributed by atoms with van der Waals surface area (Å²) in [4.78, 5) is 7.17. The molecule has 0 spiro atoms. The monoisotopic (exact) mass is 322 g/mol. The molecule has 6 nitrogen and oxygen atoms in total. The van der Waals surface area contributed by atoms with E-state index in [1.54, 1.807) is 6.20 Å². The van der Waals surface area contributed by atoms with E-state index in [0.29, 0.717) is 12.1 Å². The first kappa shape index (κ1) is 19.5. The van der Waals surface area contributed by atoms with Gasteiger partial charge in [0.05, 0.1) is 6.54 Å². The SMILES string of the molecule is CCNC(=NCCCN(C(C)C)C(C)C)NCCn1cccn1. The smallest absolute Gasteiger partial charge is 0.191 e. The summed E-state index contributed by atoms with van der Waals surface area (Å²) in [5.74, 6) is 0.889. The summed E-state index contributed by atoms with van der Waals surface area (Å²) in [5, 5.41) is 10.8. The molecule has 1 aromatic heterocycles. The predicted octanol–water partition coefficient (Wildman–Crippen LogP) is 1.95. The van der Waals surface area contributed by atoms with Crippen molar-refractivity contribution in [2.24, 2.45) is 4.99 Å². The molecule has 0 radical (unpaired) electrons. The van der Waals surface area contributed by atoms with E-state index >= 15 is 0 Å². The minimum Gasteiger partial charge on any atom is -0.357 e. The lowest BCUT2D eigenvalue weighted by molar-refractivity contribution is 0.174. The van der Waals surface area contributed by atoms with Gasteiger partial charge in [-0.1, -0.05) is 0 Å². The van der Waals surface area contributed by atoms with E-state index in [1.807, 2.05) is 16.9 Å². The minimum absolute atomic E-state index is 0.583. The zero-order valence-electron chi connectivity index (χ0n) is 15.4. The van der Waals surface area contributed by atoms with Gasteiger partial charge in [0, 0.05) is 50.7 Å². The zero-order chi connectivity index (χ0) is 17.1. The molecule has 1 rings (SSSR count). The number of aromatic nitrogens is 2. The number of aliphatic imine (C=N–C) groups is 1. The van der Waals surface area contributed by atoms with E-state index in [1.165, 1.54) is 0 Å². The van der Waals surface area contributed by atoms with Crippen LogP contribution in [0, 0.1) is 0 Å².